The van der Waals surface area contributed by atoms with Gasteiger partial charge in [0.1, 0.15) is 16.1 Å². The maximum Gasteiger partial charge on any atom is 0.120 e. The van der Waals surface area contributed by atoms with E-state index in [9.17, 15) is 0 Å². The Morgan fingerprint density at radius 3 is 3.16 bits per heavy atom. The number of morpholine rings is 1. The summed E-state index contributed by atoms with van der Waals surface area (Å²) >= 11 is 6.74. The van der Waals surface area contributed by atoms with Gasteiger partial charge in [0.05, 0.1) is 23.4 Å². The molecule has 2 aromatic rings. The fourth-order valence-electron chi connectivity index (χ4n) is 2.20. The number of benzene rings is 1. The first kappa shape index (κ1) is 12.9. The molecule has 100 valence electrons. The van der Waals surface area contributed by atoms with Crippen LogP contribution in [0, 0.1) is 0 Å². The molecule has 19 heavy (non-hydrogen) atoms. The lowest BCUT2D eigenvalue weighted by Gasteiger charge is -2.31. The highest BCUT2D eigenvalue weighted by atomic mass is 32.1. The number of fused-ring (bicyclic) bond motifs is 1. The van der Waals surface area contributed by atoms with Crippen LogP contribution in [0.5, 0.6) is 0 Å². The van der Waals surface area contributed by atoms with Gasteiger partial charge in [0, 0.05) is 13.1 Å². The quantitative estimate of drug-likeness (QED) is 0.874. The average molecular weight is 293 g/mol. The van der Waals surface area contributed by atoms with Gasteiger partial charge in [0.25, 0.3) is 0 Å². The molecule has 0 aliphatic carbocycles. The van der Waals surface area contributed by atoms with Gasteiger partial charge in [-0.1, -0.05) is 24.4 Å². The van der Waals surface area contributed by atoms with Crippen molar-refractivity contribution in [2.75, 3.05) is 19.7 Å². The minimum Gasteiger partial charge on any atom is -0.391 e. The molecule has 1 aliphatic heterocycles. The van der Waals surface area contributed by atoms with E-state index < -0.39 is 0 Å². The van der Waals surface area contributed by atoms with Crippen LogP contribution in [0.25, 0.3) is 10.2 Å². The molecule has 1 fully saturated rings. The predicted octanol–water partition coefficient (Wildman–Crippen LogP) is 1.78. The smallest absolute Gasteiger partial charge is 0.120 e. The summed E-state index contributed by atoms with van der Waals surface area (Å²) in [6.07, 6.45) is -0.127. The fraction of sp³-hybridized carbons (Fsp3) is 0.385. The molecule has 1 aliphatic rings. The summed E-state index contributed by atoms with van der Waals surface area (Å²) in [4.78, 5) is 7.38. The molecule has 1 saturated heterocycles. The first-order valence-electron chi connectivity index (χ1n) is 6.20. The summed E-state index contributed by atoms with van der Waals surface area (Å²) in [7, 11) is 0. The standard InChI is InChI=1S/C13H15N3OS2/c14-13(18)10-7-16(5-6-17-10)8-12-15-9-3-1-2-4-11(9)19-12/h1-4,10H,5-8H2,(H2,14,18). The summed E-state index contributed by atoms with van der Waals surface area (Å²) in [5, 5.41) is 1.13. The van der Waals surface area contributed by atoms with Crippen molar-refractivity contribution in [1.82, 2.24) is 9.88 Å². The van der Waals surface area contributed by atoms with Crippen LogP contribution in [0.1, 0.15) is 5.01 Å². The molecule has 1 aromatic heterocycles. The zero-order valence-corrected chi connectivity index (χ0v) is 12.0. The number of nitrogens with zero attached hydrogens (tertiary/aromatic N) is 2. The van der Waals surface area contributed by atoms with Gasteiger partial charge in [-0.2, -0.15) is 0 Å². The second kappa shape index (κ2) is 5.50. The van der Waals surface area contributed by atoms with Crippen molar-refractivity contribution in [3.05, 3.63) is 29.3 Å². The molecule has 2 heterocycles. The highest BCUT2D eigenvalue weighted by Gasteiger charge is 2.23. The van der Waals surface area contributed by atoms with Gasteiger partial charge in [-0.3, -0.25) is 4.90 Å². The summed E-state index contributed by atoms with van der Waals surface area (Å²) in [5.74, 6) is 0. The first-order valence-corrected chi connectivity index (χ1v) is 7.42. The Balaban J connectivity index is 1.72. The molecule has 0 bridgehead atoms. The molecule has 4 nitrogen and oxygen atoms in total. The van der Waals surface area contributed by atoms with Crippen LogP contribution in [0.4, 0.5) is 0 Å². The van der Waals surface area contributed by atoms with Gasteiger partial charge in [0.2, 0.25) is 0 Å². The van der Waals surface area contributed by atoms with E-state index in [1.165, 1.54) is 4.70 Å². The molecule has 0 amide bonds. The van der Waals surface area contributed by atoms with Crippen molar-refractivity contribution in [3.8, 4) is 0 Å². The van der Waals surface area contributed by atoms with Gasteiger partial charge in [-0.05, 0) is 12.1 Å². The zero-order chi connectivity index (χ0) is 13.2. The molecule has 0 saturated carbocycles. The Labute approximate surface area is 121 Å². The lowest BCUT2D eigenvalue weighted by molar-refractivity contribution is 0.00391. The van der Waals surface area contributed by atoms with Gasteiger partial charge in [-0.15, -0.1) is 11.3 Å². The lowest BCUT2D eigenvalue weighted by atomic mass is 10.2. The lowest BCUT2D eigenvalue weighted by Crippen LogP contribution is -2.47. The number of hydrogen-bond donors (Lipinski definition) is 1. The van der Waals surface area contributed by atoms with Crippen molar-refractivity contribution in [2.45, 2.75) is 12.6 Å². The van der Waals surface area contributed by atoms with E-state index in [1.54, 1.807) is 11.3 Å². The second-order valence-corrected chi connectivity index (χ2v) is 6.16. The summed E-state index contributed by atoms with van der Waals surface area (Å²) in [6.45, 7) is 3.16. The molecular weight excluding hydrogens is 278 g/mol. The van der Waals surface area contributed by atoms with Crippen molar-refractivity contribution in [1.29, 1.82) is 0 Å². The normalized spacial score (nSPS) is 20.7. The minimum atomic E-state index is -0.127. The summed E-state index contributed by atoms with van der Waals surface area (Å²) < 4.78 is 6.77. The number of ether oxygens (including phenoxy) is 1. The molecular formula is C13H15N3OS2. The van der Waals surface area contributed by atoms with E-state index in [0.717, 1.165) is 30.2 Å². The zero-order valence-electron chi connectivity index (χ0n) is 10.4. The number of para-hydroxylation sites is 1. The first-order chi connectivity index (χ1) is 9.22. The number of nitrogens with two attached hydrogens (primary N) is 1. The average Bonchev–Trinajstić information content (AvgIpc) is 2.81. The molecule has 6 heteroatoms. The van der Waals surface area contributed by atoms with Crippen molar-refractivity contribution >= 4 is 38.8 Å². The molecule has 1 unspecified atom stereocenters. The summed E-state index contributed by atoms with van der Waals surface area (Å²) in [6, 6.07) is 8.21. The Kier molecular flexibility index (Phi) is 3.74. The highest BCUT2D eigenvalue weighted by molar-refractivity contribution is 7.80. The van der Waals surface area contributed by atoms with Crippen molar-refractivity contribution in [2.24, 2.45) is 5.73 Å². The molecule has 1 aromatic carbocycles. The third-order valence-corrected chi connectivity index (χ3v) is 4.45. The number of rotatable bonds is 3. The molecule has 0 radical (unpaired) electrons. The number of thiazole rings is 1. The number of thiocarbonyl (C=S) groups is 1. The van der Waals surface area contributed by atoms with Gasteiger partial charge in [0.15, 0.2) is 0 Å². The predicted molar refractivity (Wildman–Crippen MR) is 81.4 cm³/mol. The van der Waals surface area contributed by atoms with Crippen LogP contribution < -0.4 is 5.73 Å². The van der Waals surface area contributed by atoms with Crippen molar-refractivity contribution in [3.63, 3.8) is 0 Å². The largest absolute Gasteiger partial charge is 0.391 e. The Morgan fingerprint density at radius 1 is 1.53 bits per heavy atom. The van der Waals surface area contributed by atoms with E-state index in [4.69, 9.17) is 22.7 Å². The van der Waals surface area contributed by atoms with Crippen LogP contribution in [0.3, 0.4) is 0 Å². The van der Waals surface area contributed by atoms with Gasteiger partial charge < -0.3 is 10.5 Å². The van der Waals surface area contributed by atoms with Crippen LogP contribution in [0.15, 0.2) is 24.3 Å². The van der Waals surface area contributed by atoms with E-state index in [1.807, 2.05) is 18.2 Å². The Bertz CT molecular complexity index is 565. The maximum atomic E-state index is 5.65. The highest BCUT2D eigenvalue weighted by Crippen LogP contribution is 2.23. The topological polar surface area (TPSA) is 51.4 Å². The molecule has 1 atom stereocenters. The fourth-order valence-corrected chi connectivity index (χ4v) is 3.35. The van der Waals surface area contributed by atoms with E-state index in [-0.39, 0.29) is 6.10 Å². The van der Waals surface area contributed by atoms with Crippen LogP contribution in [0.2, 0.25) is 0 Å². The molecule has 0 spiro atoms. The van der Waals surface area contributed by atoms with Crippen LogP contribution >= 0.6 is 23.6 Å². The molecule has 2 N–H and O–H groups in total. The van der Waals surface area contributed by atoms with Crippen molar-refractivity contribution < 1.29 is 4.74 Å². The molecule has 3 rings (SSSR count). The maximum absolute atomic E-state index is 5.65. The second-order valence-electron chi connectivity index (χ2n) is 4.57. The van der Waals surface area contributed by atoms with E-state index in [2.05, 4.69) is 16.0 Å². The van der Waals surface area contributed by atoms with Gasteiger partial charge in [-0.25, -0.2) is 4.98 Å². The third kappa shape index (κ3) is 2.92. The SMILES string of the molecule is NC(=S)C1CN(Cc2nc3ccccc3s2)CCO1. The number of aromatic nitrogens is 1. The number of hydrogen-bond acceptors (Lipinski definition) is 5. The van der Waals surface area contributed by atoms with Crippen LogP contribution in [-0.2, 0) is 11.3 Å². The minimum absolute atomic E-state index is 0.127. The van der Waals surface area contributed by atoms with Gasteiger partial charge >= 0.3 is 0 Å². The van der Waals surface area contributed by atoms with Crippen LogP contribution in [-0.4, -0.2) is 40.7 Å². The van der Waals surface area contributed by atoms with E-state index >= 15 is 0 Å². The Hall–Kier alpha value is -1.08. The third-order valence-electron chi connectivity index (χ3n) is 3.16. The monoisotopic (exact) mass is 293 g/mol. The van der Waals surface area contributed by atoms with E-state index in [0.29, 0.717) is 11.6 Å². The summed E-state index contributed by atoms with van der Waals surface area (Å²) in [5.41, 5.74) is 6.72. The Morgan fingerprint density at radius 2 is 2.37 bits per heavy atom.